The first kappa shape index (κ1) is 21.9. The molecule has 2 aromatic rings. The van der Waals surface area contributed by atoms with Crippen molar-refractivity contribution >= 4 is 23.3 Å². The van der Waals surface area contributed by atoms with Crippen LogP contribution in [0.3, 0.4) is 0 Å². The number of Topliss-reactive ketones (excluding diaryl/α,β-unsaturated/α-hetero) is 1. The maximum atomic E-state index is 12.7. The highest BCUT2D eigenvalue weighted by atomic mass is 35.5. The van der Waals surface area contributed by atoms with Crippen molar-refractivity contribution in [3.8, 4) is 5.75 Å². The Morgan fingerprint density at radius 2 is 1.71 bits per heavy atom. The molecule has 2 aliphatic rings. The van der Waals surface area contributed by atoms with Crippen LogP contribution in [0.2, 0.25) is 5.02 Å². The second-order valence-electron chi connectivity index (χ2n) is 8.12. The monoisotopic (exact) mass is 444 g/mol. The predicted octanol–water partition coefficient (Wildman–Crippen LogP) is 2.78. The van der Waals surface area contributed by atoms with E-state index in [9.17, 15) is 9.59 Å². The van der Waals surface area contributed by atoms with Crippen LogP contribution in [0.15, 0.2) is 36.5 Å². The van der Waals surface area contributed by atoms with E-state index in [0.717, 1.165) is 58.7 Å². The van der Waals surface area contributed by atoms with Crippen LogP contribution >= 0.6 is 11.6 Å². The number of rotatable bonds is 8. The third-order valence-electron chi connectivity index (χ3n) is 5.96. The highest BCUT2D eigenvalue weighted by Gasteiger charge is 2.23. The number of aromatic nitrogens is 1. The van der Waals surface area contributed by atoms with E-state index in [0.29, 0.717) is 35.2 Å². The average molecular weight is 445 g/mol. The SMILES string of the molecule is O=C(CN1CCN(CCOc2ccccc2Cl)CC1)c1c[nH]c(C(=O)N2CCCC2)c1. The molecule has 1 aromatic heterocycles. The summed E-state index contributed by atoms with van der Waals surface area (Å²) in [7, 11) is 0. The van der Waals surface area contributed by atoms with Gasteiger partial charge in [0.2, 0.25) is 0 Å². The van der Waals surface area contributed by atoms with Gasteiger partial charge < -0.3 is 14.6 Å². The number of benzene rings is 1. The summed E-state index contributed by atoms with van der Waals surface area (Å²) in [5.74, 6) is 0.749. The fourth-order valence-corrected chi connectivity index (χ4v) is 4.27. The number of nitrogens with one attached hydrogen (secondary N) is 1. The van der Waals surface area contributed by atoms with Gasteiger partial charge in [-0.2, -0.15) is 0 Å². The van der Waals surface area contributed by atoms with Gasteiger partial charge in [0.25, 0.3) is 5.91 Å². The smallest absolute Gasteiger partial charge is 0.270 e. The molecule has 0 spiro atoms. The normalized spacial score (nSPS) is 17.8. The number of piperazine rings is 1. The average Bonchev–Trinajstić information content (AvgIpc) is 3.48. The Balaban J connectivity index is 1.19. The number of halogens is 1. The Morgan fingerprint density at radius 3 is 2.45 bits per heavy atom. The Bertz CT molecular complexity index is 902. The zero-order valence-electron chi connectivity index (χ0n) is 17.7. The fraction of sp³-hybridized carbons (Fsp3) is 0.478. The minimum atomic E-state index is -0.0100. The molecule has 8 heteroatoms. The van der Waals surface area contributed by atoms with E-state index in [-0.39, 0.29) is 11.7 Å². The molecule has 1 N–H and O–H groups in total. The lowest BCUT2D eigenvalue weighted by atomic mass is 10.2. The molecule has 0 saturated carbocycles. The van der Waals surface area contributed by atoms with Crippen LogP contribution in [-0.4, -0.2) is 90.3 Å². The van der Waals surface area contributed by atoms with E-state index in [1.165, 1.54) is 0 Å². The molecule has 0 aliphatic carbocycles. The van der Waals surface area contributed by atoms with Gasteiger partial charge in [-0.05, 0) is 31.0 Å². The van der Waals surface area contributed by atoms with E-state index in [1.807, 2.05) is 29.2 Å². The largest absolute Gasteiger partial charge is 0.491 e. The van der Waals surface area contributed by atoms with Gasteiger partial charge in [0, 0.05) is 57.6 Å². The van der Waals surface area contributed by atoms with Crippen LogP contribution in [0, 0.1) is 0 Å². The van der Waals surface area contributed by atoms with Crippen molar-refractivity contribution < 1.29 is 14.3 Å². The molecule has 0 radical (unpaired) electrons. The van der Waals surface area contributed by atoms with Crippen molar-refractivity contribution in [2.45, 2.75) is 12.8 Å². The maximum Gasteiger partial charge on any atom is 0.270 e. The summed E-state index contributed by atoms with van der Waals surface area (Å²) in [6, 6.07) is 9.19. The minimum Gasteiger partial charge on any atom is -0.491 e. The second-order valence-corrected chi connectivity index (χ2v) is 8.53. The molecule has 0 bridgehead atoms. The summed E-state index contributed by atoms with van der Waals surface area (Å²) < 4.78 is 5.77. The quantitative estimate of drug-likeness (QED) is 0.634. The number of likely N-dealkylation sites (tertiary alicyclic amines) is 1. The third-order valence-corrected chi connectivity index (χ3v) is 6.27. The lowest BCUT2D eigenvalue weighted by molar-refractivity contribution is 0.0787. The molecule has 7 nitrogen and oxygen atoms in total. The van der Waals surface area contributed by atoms with Crippen molar-refractivity contribution in [2.75, 3.05) is 59.0 Å². The van der Waals surface area contributed by atoms with E-state index in [1.54, 1.807) is 12.3 Å². The number of ether oxygens (including phenoxy) is 1. The number of hydrogen-bond donors (Lipinski definition) is 1. The minimum absolute atomic E-state index is 0.0100. The molecule has 1 amide bonds. The van der Waals surface area contributed by atoms with Gasteiger partial charge in [-0.15, -0.1) is 0 Å². The number of hydrogen-bond acceptors (Lipinski definition) is 5. The van der Waals surface area contributed by atoms with Crippen molar-refractivity contribution in [2.24, 2.45) is 0 Å². The van der Waals surface area contributed by atoms with Crippen LogP contribution in [0.25, 0.3) is 0 Å². The van der Waals surface area contributed by atoms with Crippen molar-refractivity contribution in [3.05, 3.63) is 52.8 Å². The van der Waals surface area contributed by atoms with Crippen LogP contribution < -0.4 is 4.74 Å². The van der Waals surface area contributed by atoms with Gasteiger partial charge >= 0.3 is 0 Å². The first-order chi connectivity index (χ1) is 15.1. The van der Waals surface area contributed by atoms with Crippen LogP contribution in [0.5, 0.6) is 5.75 Å². The molecular weight excluding hydrogens is 416 g/mol. The number of para-hydroxylation sites is 1. The Hall–Kier alpha value is -2.35. The summed E-state index contributed by atoms with van der Waals surface area (Å²) in [5, 5.41) is 0.626. The van der Waals surface area contributed by atoms with Gasteiger partial charge in [-0.25, -0.2) is 0 Å². The number of H-pyrrole nitrogens is 1. The first-order valence-electron chi connectivity index (χ1n) is 10.9. The molecule has 31 heavy (non-hydrogen) atoms. The molecule has 2 saturated heterocycles. The molecule has 3 heterocycles. The van der Waals surface area contributed by atoms with Crippen molar-refractivity contribution in [1.29, 1.82) is 0 Å². The van der Waals surface area contributed by atoms with Gasteiger partial charge in [0.05, 0.1) is 11.6 Å². The number of carbonyl (C=O) groups excluding carboxylic acids is 2. The summed E-state index contributed by atoms with van der Waals surface area (Å²) in [4.78, 5) is 34.5. The molecule has 166 valence electrons. The van der Waals surface area contributed by atoms with E-state index in [2.05, 4.69) is 14.8 Å². The van der Waals surface area contributed by atoms with Gasteiger partial charge in [0.1, 0.15) is 18.1 Å². The number of amides is 1. The van der Waals surface area contributed by atoms with Gasteiger partial charge in [0.15, 0.2) is 5.78 Å². The van der Waals surface area contributed by atoms with E-state index < -0.39 is 0 Å². The topological polar surface area (TPSA) is 68.9 Å². The molecule has 2 aliphatic heterocycles. The zero-order valence-corrected chi connectivity index (χ0v) is 18.4. The molecule has 1 aromatic carbocycles. The molecule has 0 atom stereocenters. The number of aromatic amines is 1. The summed E-state index contributed by atoms with van der Waals surface area (Å²) >= 11 is 6.12. The highest BCUT2D eigenvalue weighted by molar-refractivity contribution is 6.32. The highest BCUT2D eigenvalue weighted by Crippen LogP contribution is 2.23. The lowest BCUT2D eigenvalue weighted by Gasteiger charge is -2.34. The zero-order chi connectivity index (χ0) is 21.6. The van der Waals surface area contributed by atoms with Crippen molar-refractivity contribution in [1.82, 2.24) is 19.7 Å². The Kier molecular flexibility index (Phi) is 7.27. The molecule has 4 rings (SSSR count). The summed E-state index contributed by atoms with van der Waals surface area (Å²) in [6.07, 6.45) is 3.76. The Labute approximate surface area is 187 Å². The standard InChI is InChI=1S/C23H29ClN4O3/c24-19-5-1-2-6-22(19)31-14-13-26-9-11-27(12-10-26)17-21(29)18-15-20(25-16-18)23(30)28-7-3-4-8-28/h1-2,5-6,15-16,25H,3-4,7-14,17H2. The van der Waals surface area contributed by atoms with Crippen LogP contribution in [-0.2, 0) is 0 Å². The van der Waals surface area contributed by atoms with Gasteiger partial charge in [-0.1, -0.05) is 23.7 Å². The molecular formula is C23H29ClN4O3. The molecule has 2 fully saturated rings. The maximum absolute atomic E-state index is 12.7. The third kappa shape index (κ3) is 5.67. The Morgan fingerprint density at radius 1 is 1.00 bits per heavy atom. The second kappa shape index (κ2) is 10.3. The number of nitrogens with zero attached hydrogens (tertiary/aromatic N) is 3. The van der Waals surface area contributed by atoms with Crippen molar-refractivity contribution in [3.63, 3.8) is 0 Å². The van der Waals surface area contributed by atoms with E-state index >= 15 is 0 Å². The number of ketones is 1. The van der Waals surface area contributed by atoms with Crippen LogP contribution in [0.1, 0.15) is 33.7 Å². The van der Waals surface area contributed by atoms with Gasteiger partial charge in [-0.3, -0.25) is 19.4 Å². The summed E-state index contributed by atoms with van der Waals surface area (Å²) in [6.45, 7) is 6.84. The van der Waals surface area contributed by atoms with Crippen LogP contribution in [0.4, 0.5) is 0 Å². The lowest BCUT2D eigenvalue weighted by Crippen LogP contribution is -2.48. The molecule has 0 unspecified atom stereocenters. The summed E-state index contributed by atoms with van der Waals surface area (Å²) in [5.41, 5.74) is 1.09. The predicted molar refractivity (Wildman–Crippen MR) is 120 cm³/mol. The van der Waals surface area contributed by atoms with E-state index in [4.69, 9.17) is 16.3 Å². The fourth-order valence-electron chi connectivity index (χ4n) is 4.08. The first-order valence-corrected chi connectivity index (χ1v) is 11.3. The number of carbonyl (C=O) groups is 2.